The van der Waals surface area contributed by atoms with Gasteiger partial charge in [-0.3, -0.25) is 9.36 Å². The number of hydrogen-bond donors (Lipinski definition) is 0. The van der Waals surface area contributed by atoms with Crippen molar-refractivity contribution in [2.24, 2.45) is 0 Å². The van der Waals surface area contributed by atoms with Crippen molar-refractivity contribution in [1.82, 2.24) is 14.8 Å². The fourth-order valence-corrected chi connectivity index (χ4v) is 3.26. The minimum Gasteiger partial charge on any atom is -0.347 e. The maximum absolute atomic E-state index is 10.9. The highest BCUT2D eigenvalue weighted by atomic mass is 32.1. The average molecular weight is 276 g/mol. The van der Waals surface area contributed by atoms with Gasteiger partial charge in [0, 0.05) is 19.3 Å². The van der Waals surface area contributed by atoms with E-state index in [1.807, 2.05) is 12.3 Å². The van der Waals surface area contributed by atoms with Crippen molar-refractivity contribution in [3.63, 3.8) is 0 Å². The van der Waals surface area contributed by atoms with Gasteiger partial charge in [-0.1, -0.05) is 24.2 Å². The highest BCUT2D eigenvalue weighted by Crippen LogP contribution is 2.26. The van der Waals surface area contributed by atoms with Crippen molar-refractivity contribution in [3.8, 4) is 5.13 Å². The highest BCUT2D eigenvalue weighted by molar-refractivity contribution is 7.17. The average Bonchev–Trinajstić information content (AvgIpc) is 3.01. The van der Waals surface area contributed by atoms with Gasteiger partial charge in [-0.05, 0) is 25.0 Å². The normalized spacial score (nSPS) is 16.3. The molecule has 2 aromatic heterocycles. The second kappa shape index (κ2) is 5.52. The number of aldehydes is 1. The Hall–Kier alpha value is -1.69. The lowest BCUT2D eigenvalue weighted by molar-refractivity contribution is 0.111. The molecule has 1 aliphatic rings. The lowest BCUT2D eigenvalue weighted by Crippen LogP contribution is -2.23. The van der Waals surface area contributed by atoms with Gasteiger partial charge >= 0.3 is 0 Å². The predicted molar refractivity (Wildman–Crippen MR) is 75.3 cm³/mol. The van der Waals surface area contributed by atoms with Gasteiger partial charge in [-0.25, -0.2) is 0 Å². The lowest BCUT2D eigenvalue weighted by Gasteiger charge is -2.17. The summed E-state index contributed by atoms with van der Waals surface area (Å²) < 4.78 is 1.78. The third-order valence-corrected chi connectivity index (χ3v) is 4.37. The molecular formula is C13H16N4OS. The molecule has 1 fully saturated rings. The minimum atomic E-state index is 0.610. The molecule has 0 radical (unpaired) electrons. The van der Waals surface area contributed by atoms with E-state index in [0.717, 1.165) is 29.6 Å². The smallest absolute Gasteiger partial charge is 0.218 e. The van der Waals surface area contributed by atoms with E-state index < -0.39 is 0 Å². The standard InChI is InChI=1S/C13H16N4OS/c18-10-11-6-5-9-17(11)13-15-14-12(19-13)16-7-3-1-2-4-8-16/h5-6,9-10H,1-4,7-8H2. The molecule has 1 saturated heterocycles. The summed E-state index contributed by atoms with van der Waals surface area (Å²) in [5.74, 6) is 0. The van der Waals surface area contributed by atoms with Crippen LogP contribution in [-0.4, -0.2) is 34.1 Å². The fraction of sp³-hybridized carbons (Fsp3) is 0.462. The van der Waals surface area contributed by atoms with Gasteiger partial charge in [-0.15, -0.1) is 10.2 Å². The monoisotopic (exact) mass is 276 g/mol. The van der Waals surface area contributed by atoms with Crippen molar-refractivity contribution in [3.05, 3.63) is 24.0 Å². The maximum Gasteiger partial charge on any atom is 0.218 e. The van der Waals surface area contributed by atoms with E-state index in [4.69, 9.17) is 0 Å². The zero-order valence-corrected chi connectivity index (χ0v) is 11.5. The van der Waals surface area contributed by atoms with Gasteiger partial charge in [0.15, 0.2) is 6.29 Å². The van der Waals surface area contributed by atoms with Crippen LogP contribution >= 0.6 is 11.3 Å². The SMILES string of the molecule is O=Cc1cccn1-c1nnc(N2CCCCCC2)s1. The van der Waals surface area contributed by atoms with Crippen LogP contribution in [0.15, 0.2) is 18.3 Å². The zero-order chi connectivity index (χ0) is 13.1. The second-order valence-electron chi connectivity index (χ2n) is 4.69. The van der Waals surface area contributed by atoms with E-state index >= 15 is 0 Å². The van der Waals surface area contributed by atoms with Crippen LogP contribution in [0.5, 0.6) is 0 Å². The summed E-state index contributed by atoms with van der Waals surface area (Å²) in [6, 6.07) is 3.62. The van der Waals surface area contributed by atoms with Gasteiger partial charge in [0.2, 0.25) is 10.3 Å². The Bertz CT molecular complexity index is 554. The zero-order valence-electron chi connectivity index (χ0n) is 10.7. The van der Waals surface area contributed by atoms with E-state index in [-0.39, 0.29) is 0 Å². The lowest BCUT2D eigenvalue weighted by atomic mass is 10.2. The summed E-state index contributed by atoms with van der Waals surface area (Å²) in [6.45, 7) is 2.11. The predicted octanol–water partition coefficient (Wildman–Crippen LogP) is 2.52. The number of rotatable bonds is 3. The molecule has 0 atom stereocenters. The molecular weight excluding hydrogens is 260 g/mol. The van der Waals surface area contributed by atoms with Crippen LogP contribution in [0.3, 0.4) is 0 Å². The van der Waals surface area contributed by atoms with Crippen molar-refractivity contribution < 1.29 is 4.79 Å². The molecule has 5 nitrogen and oxygen atoms in total. The topological polar surface area (TPSA) is 51.0 Å². The van der Waals surface area contributed by atoms with Gasteiger partial charge in [0.05, 0.1) is 5.69 Å². The first kappa shape index (κ1) is 12.3. The largest absolute Gasteiger partial charge is 0.347 e. The van der Waals surface area contributed by atoms with Gasteiger partial charge < -0.3 is 4.90 Å². The number of aromatic nitrogens is 3. The van der Waals surface area contributed by atoms with E-state index in [0.29, 0.717) is 5.69 Å². The van der Waals surface area contributed by atoms with Crippen LogP contribution in [0.1, 0.15) is 36.2 Å². The van der Waals surface area contributed by atoms with Crippen molar-refractivity contribution in [2.75, 3.05) is 18.0 Å². The number of nitrogens with zero attached hydrogens (tertiary/aromatic N) is 4. The fourth-order valence-electron chi connectivity index (χ4n) is 2.36. The number of carbonyl (C=O) groups excluding carboxylic acids is 1. The van der Waals surface area contributed by atoms with Crippen LogP contribution in [-0.2, 0) is 0 Å². The molecule has 1 aliphatic heterocycles. The Morgan fingerprint density at radius 3 is 2.58 bits per heavy atom. The summed E-state index contributed by atoms with van der Waals surface area (Å²) in [5, 5.41) is 10.2. The molecule has 3 rings (SSSR count). The maximum atomic E-state index is 10.9. The quantitative estimate of drug-likeness (QED) is 0.808. The number of anilines is 1. The molecule has 0 aliphatic carbocycles. The molecule has 0 amide bonds. The summed E-state index contributed by atoms with van der Waals surface area (Å²) in [6.07, 6.45) is 7.73. The van der Waals surface area contributed by atoms with Gasteiger partial charge in [0.1, 0.15) is 0 Å². The molecule has 0 saturated carbocycles. The summed E-state index contributed by atoms with van der Waals surface area (Å²) in [7, 11) is 0. The van der Waals surface area contributed by atoms with Gasteiger partial charge in [0.25, 0.3) is 0 Å². The Morgan fingerprint density at radius 2 is 1.84 bits per heavy atom. The Morgan fingerprint density at radius 1 is 1.11 bits per heavy atom. The molecule has 0 aromatic carbocycles. The summed E-state index contributed by atoms with van der Waals surface area (Å²) in [5.41, 5.74) is 0.610. The van der Waals surface area contributed by atoms with Crippen LogP contribution < -0.4 is 4.90 Å². The Balaban J connectivity index is 1.84. The van der Waals surface area contributed by atoms with E-state index in [1.165, 1.54) is 25.7 Å². The second-order valence-corrected chi connectivity index (χ2v) is 5.62. The van der Waals surface area contributed by atoms with E-state index in [2.05, 4.69) is 15.1 Å². The van der Waals surface area contributed by atoms with Crippen LogP contribution in [0.25, 0.3) is 5.13 Å². The third kappa shape index (κ3) is 2.53. The van der Waals surface area contributed by atoms with Crippen molar-refractivity contribution in [1.29, 1.82) is 0 Å². The first-order chi connectivity index (χ1) is 9.38. The molecule has 0 bridgehead atoms. The molecule has 0 N–H and O–H groups in total. The first-order valence-corrected chi connectivity index (χ1v) is 7.41. The van der Waals surface area contributed by atoms with Crippen molar-refractivity contribution in [2.45, 2.75) is 25.7 Å². The van der Waals surface area contributed by atoms with Crippen LogP contribution in [0.4, 0.5) is 5.13 Å². The molecule has 19 heavy (non-hydrogen) atoms. The Labute approximate surface area is 115 Å². The summed E-state index contributed by atoms with van der Waals surface area (Å²) >= 11 is 1.54. The highest BCUT2D eigenvalue weighted by Gasteiger charge is 2.16. The minimum absolute atomic E-state index is 0.610. The van der Waals surface area contributed by atoms with Crippen LogP contribution in [0.2, 0.25) is 0 Å². The number of carbonyl (C=O) groups is 1. The van der Waals surface area contributed by atoms with Crippen molar-refractivity contribution >= 4 is 22.8 Å². The summed E-state index contributed by atoms with van der Waals surface area (Å²) in [4.78, 5) is 13.2. The Kier molecular flexibility index (Phi) is 3.59. The molecule has 3 heterocycles. The molecule has 0 spiro atoms. The third-order valence-electron chi connectivity index (χ3n) is 3.39. The molecule has 6 heteroatoms. The van der Waals surface area contributed by atoms with E-state index in [9.17, 15) is 4.79 Å². The molecule has 100 valence electrons. The van der Waals surface area contributed by atoms with E-state index in [1.54, 1.807) is 22.0 Å². The van der Waals surface area contributed by atoms with Crippen LogP contribution in [0, 0.1) is 0 Å². The number of hydrogen-bond acceptors (Lipinski definition) is 5. The first-order valence-electron chi connectivity index (χ1n) is 6.60. The molecule has 2 aromatic rings. The van der Waals surface area contributed by atoms with Gasteiger partial charge in [-0.2, -0.15) is 0 Å². The molecule has 0 unspecified atom stereocenters.